The summed E-state index contributed by atoms with van der Waals surface area (Å²) in [4.78, 5) is 0. The van der Waals surface area contributed by atoms with Gasteiger partial charge in [-0.25, -0.2) is 0 Å². The van der Waals surface area contributed by atoms with Crippen molar-refractivity contribution < 1.29 is 9.84 Å². The Balaban J connectivity index is 2.06. The summed E-state index contributed by atoms with van der Waals surface area (Å²) < 4.78 is 5.87. The number of aryl methyl sites for hydroxylation is 1. The lowest BCUT2D eigenvalue weighted by molar-refractivity contribution is -0.499. The first-order valence-electron chi connectivity index (χ1n) is 6.57. The van der Waals surface area contributed by atoms with Gasteiger partial charge in [-0.05, 0) is 36.8 Å². The SMILES string of the molecule is Cc1cccc(COc2ccccc2C=[NH+]NC(N)=S)c1. The molecule has 2 rings (SSSR count). The molecule has 0 unspecified atom stereocenters. The molecule has 0 aliphatic heterocycles. The van der Waals surface area contributed by atoms with Gasteiger partial charge >= 0.3 is 0 Å². The summed E-state index contributed by atoms with van der Waals surface area (Å²) in [5.74, 6) is 0.788. The third-order valence-electron chi connectivity index (χ3n) is 2.82. The number of hydrogen-bond donors (Lipinski definition) is 3. The van der Waals surface area contributed by atoms with E-state index in [1.807, 2.05) is 36.4 Å². The van der Waals surface area contributed by atoms with E-state index in [2.05, 4.69) is 29.6 Å². The fraction of sp³-hybridized carbons (Fsp3) is 0.125. The summed E-state index contributed by atoms with van der Waals surface area (Å²) in [7, 11) is 0. The van der Waals surface area contributed by atoms with Crippen LogP contribution in [0.5, 0.6) is 5.75 Å². The Morgan fingerprint density at radius 1 is 1.29 bits per heavy atom. The molecular weight excluding hydrogens is 282 g/mol. The Labute approximate surface area is 129 Å². The van der Waals surface area contributed by atoms with E-state index in [-0.39, 0.29) is 5.11 Å². The largest absolute Gasteiger partial charge is 0.488 e. The molecule has 0 heterocycles. The Hall–Kier alpha value is -2.40. The lowest BCUT2D eigenvalue weighted by atomic mass is 10.1. The summed E-state index contributed by atoms with van der Waals surface area (Å²) in [5, 5.41) is 3.01. The van der Waals surface area contributed by atoms with E-state index in [4.69, 9.17) is 22.7 Å². The van der Waals surface area contributed by atoms with E-state index in [1.54, 1.807) is 6.21 Å². The zero-order valence-electron chi connectivity index (χ0n) is 11.8. The Kier molecular flexibility index (Phi) is 5.29. The molecule has 0 aliphatic rings. The van der Waals surface area contributed by atoms with Crippen molar-refractivity contribution in [2.24, 2.45) is 5.73 Å². The van der Waals surface area contributed by atoms with Gasteiger partial charge in [-0.2, -0.15) is 0 Å². The van der Waals surface area contributed by atoms with Crippen molar-refractivity contribution >= 4 is 23.5 Å². The van der Waals surface area contributed by atoms with Crippen LogP contribution in [0.3, 0.4) is 0 Å². The van der Waals surface area contributed by atoms with Crippen molar-refractivity contribution in [2.45, 2.75) is 13.5 Å². The van der Waals surface area contributed by atoms with Crippen molar-refractivity contribution in [3.63, 3.8) is 0 Å². The van der Waals surface area contributed by atoms with Crippen molar-refractivity contribution in [1.29, 1.82) is 0 Å². The third-order valence-corrected chi connectivity index (χ3v) is 2.92. The number of nitrogens with two attached hydrogens (primary N) is 1. The number of nitrogens with one attached hydrogen (secondary N) is 2. The standard InChI is InChI=1S/C16H17N3OS/c1-12-5-4-6-13(9-12)11-20-15-8-3-2-7-14(15)10-18-19-16(17)21/h2-10H,11H2,1H3,(H3,17,19,21)/p+1. The molecule has 108 valence electrons. The second-order valence-electron chi connectivity index (χ2n) is 4.59. The molecule has 0 bridgehead atoms. The van der Waals surface area contributed by atoms with Gasteiger partial charge in [-0.15, -0.1) is 10.5 Å². The summed E-state index contributed by atoms with van der Waals surface area (Å²) in [6, 6.07) is 16.0. The topological polar surface area (TPSA) is 61.2 Å². The smallest absolute Gasteiger partial charge is 0.221 e. The van der Waals surface area contributed by atoms with E-state index in [0.717, 1.165) is 16.9 Å². The van der Waals surface area contributed by atoms with Crippen LogP contribution in [0.4, 0.5) is 0 Å². The molecule has 4 nitrogen and oxygen atoms in total. The number of benzene rings is 2. The Bertz CT molecular complexity index is 655. The maximum atomic E-state index is 5.87. The van der Waals surface area contributed by atoms with Gasteiger partial charge in [0.15, 0.2) is 0 Å². The van der Waals surface area contributed by atoms with Gasteiger partial charge < -0.3 is 10.5 Å². The molecule has 5 heteroatoms. The van der Waals surface area contributed by atoms with Gasteiger partial charge in [-0.1, -0.05) is 42.0 Å². The predicted molar refractivity (Wildman–Crippen MR) is 88.0 cm³/mol. The molecule has 0 radical (unpaired) electrons. The minimum absolute atomic E-state index is 0.185. The lowest BCUT2D eigenvalue weighted by Crippen LogP contribution is -2.82. The fourth-order valence-electron chi connectivity index (χ4n) is 1.88. The molecule has 0 atom stereocenters. The normalized spacial score (nSPS) is 10.5. The number of ether oxygens (including phenoxy) is 1. The van der Waals surface area contributed by atoms with Crippen molar-refractivity contribution in [2.75, 3.05) is 0 Å². The highest BCUT2D eigenvalue weighted by atomic mass is 32.1. The molecule has 0 spiro atoms. The van der Waals surface area contributed by atoms with Gasteiger partial charge in [0.2, 0.25) is 11.3 Å². The summed E-state index contributed by atoms with van der Waals surface area (Å²) in [6.45, 7) is 2.59. The maximum absolute atomic E-state index is 5.87. The van der Waals surface area contributed by atoms with Gasteiger partial charge in [0.05, 0.1) is 5.56 Å². The number of para-hydroxylation sites is 1. The van der Waals surface area contributed by atoms with Crippen LogP contribution in [-0.2, 0) is 6.61 Å². The Morgan fingerprint density at radius 3 is 2.86 bits per heavy atom. The average molecular weight is 300 g/mol. The molecule has 0 aliphatic carbocycles. The summed E-state index contributed by atoms with van der Waals surface area (Å²) >= 11 is 4.72. The highest BCUT2D eigenvalue weighted by Gasteiger charge is 2.04. The molecule has 2 aromatic rings. The first-order chi connectivity index (χ1) is 10.1. The van der Waals surface area contributed by atoms with E-state index in [0.29, 0.717) is 6.61 Å². The van der Waals surface area contributed by atoms with Crippen LogP contribution < -0.4 is 21.0 Å². The molecule has 2 aromatic carbocycles. The molecule has 0 saturated carbocycles. The number of hydrazone groups is 1. The number of thiocarbonyl (C=S) groups is 1. The van der Waals surface area contributed by atoms with Gasteiger partial charge in [-0.3, -0.25) is 0 Å². The first kappa shape index (κ1) is 15.0. The average Bonchev–Trinajstić information content (AvgIpc) is 2.46. The number of hydrazine groups is 1. The van der Waals surface area contributed by atoms with Crippen LogP contribution in [0, 0.1) is 6.92 Å². The predicted octanol–water partition coefficient (Wildman–Crippen LogP) is 0.822. The molecular formula is C16H18N3OS+. The van der Waals surface area contributed by atoms with Crippen LogP contribution in [0.15, 0.2) is 48.5 Å². The van der Waals surface area contributed by atoms with E-state index in [9.17, 15) is 0 Å². The maximum Gasteiger partial charge on any atom is 0.221 e. The van der Waals surface area contributed by atoms with Crippen molar-refractivity contribution in [3.8, 4) is 5.75 Å². The lowest BCUT2D eigenvalue weighted by Gasteiger charge is -2.08. The quantitative estimate of drug-likeness (QED) is 0.435. The first-order valence-corrected chi connectivity index (χ1v) is 6.97. The molecule has 0 fully saturated rings. The van der Waals surface area contributed by atoms with Crippen LogP contribution in [0.25, 0.3) is 0 Å². The van der Waals surface area contributed by atoms with Gasteiger partial charge in [0.1, 0.15) is 12.4 Å². The monoisotopic (exact) mass is 300 g/mol. The van der Waals surface area contributed by atoms with E-state index in [1.165, 1.54) is 5.56 Å². The Morgan fingerprint density at radius 2 is 2.10 bits per heavy atom. The molecule has 4 N–H and O–H groups in total. The highest BCUT2D eigenvalue weighted by Crippen LogP contribution is 2.17. The number of hydrogen-bond acceptors (Lipinski definition) is 2. The fourth-order valence-corrected chi connectivity index (χ4v) is 1.94. The molecule has 0 amide bonds. The second kappa shape index (κ2) is 7.40. The third kappa shape index (κ3) is 4.89. The van der Waals surface area contributed by atoms with E-state index < -0.39 is 0 Å². The molecule has 0 saturated heterocycles. The van der Waals surface area contributed by atoms with Gasteiger partial charge in [0.25, 0.3) is 0 Å². The summed E-state index contributed by atoms with van der Waals surface area (Å²) in [6.07, 6.45) is 1.75. The number of rotatable bonds is 5. The van der Waals surface area contributed by atoms with E-state index >= 15 is 0 Å². The van der Waals surface area contributed by atoms with Crippen LogP contribution >= 0.6 is 12.2 Å². The van der Waals surface area contributed by atoms with Crippen LogP contribution in [0.1, 0.15) is 16.7 Å². The zero-order valence-corrected chi connectivity index (χ0v) is 12.6. The van der Waals surface area contributed by atoms with Gasteiger partial charge in [0, 0.05) is 0 Å². The molecule has 21 heavy (non-hydrogen) atoms. The minimum Gasteiger partial charge on any atom is -0.488 e. The zero-order chi connectivity index (χ0) is 15.1. The highest BCUT2D eigenvalue weighted by molar-refractivity contribution is 7.80. The summed E-state index contributed by atoms with van der Waals surface area (Å²) in [5.41, 5.74) is 11.3. The van der Waals surface area contributed by atoms with Crippen molar-refractivity contribution in [3.05, 3.63) is 65.2 Å². The van der Waals surface area contributed by atoms with Crippen LogP contribution in [0.2, 0.25) is 0 Å². The van der Waals surface area contributed by atoms with Crippen LogP contribution in [-0.4, -0.2) is 11.3 Å². The molecule has 0 aromatic heterocycles. The second-order valence-corrected chi connectivity index (χ2v) is 5.03. The minimum atomic E-state index is 0.185. The van der Waals surface area contributed by atoms with Crippen molar-refractivity contribution in [1.82, 2.24) is 5.43 Å².